The summed E-state index contributed by atoms with van der Waals surface area (Å²) in [5.41, 5.74) is 4.47. The minimum Gasteiger partial charge on any atom is -0.478 e. The number of carbonyl (C=O) groups excluding carboxylic acids is 1. The fourth-order valence-electron chi connectivity index (χ4n) is 2.40. The zero-order chi connectivity index (χ0) is 18.4. The summed E-state index contributed by atoms with van der Waals surface area (Å²) in [4.78, 5) is 22.3. The molecular weight excluding hydrogens is 324 g/mol. The lowest BCUT2D eigenvalue weighted by Gasteiger charge is -2.19. The van der Waals surface area contributed by atoms with E-state index in [2.05, 4.69) is 5.32 Å². The van der Waals surface area contributed by atoms with Crippen LogP contribution in [0, 0.1) is 0 Å². The fourth-order valence-corrected chi connectivity index (χ4v) is 2.40. The Morgan fingerprint density at radius 1 is 1.00 bits per heavy atom. The molecule has 132 valence electrons. The molecule has 0 bridgehead atoms. The smallest absolute Gasteiger partial charge is 0.335 e. The third-order valence-corrected chi connectivity index (χ3v) is 3.82. The van der Waals surface area contributed by atoms with Crippen molar-refractivity contribution in [3.63, 3.8) is 0 Å². The van der Waals surface area contributed by atoms with E-state index in [4.69, 9.17) is 10.3 Å². The number of aliphatic hydroxyl groups excluding tert-OH is 1. The molecule has 0 radical (unpaired) electrons. The SMILES string of the molecule is C[C@@H](O)[C@H](NCc1ccc(-c2ccc(C(=O)O)cc2)cc1)C(=O)NO. The third-order valence-electron chi connectivity index (χ3n) is 3.82. The topological polar surface area (TPSA) is 119 Å². The second-order valence-electron chi connectivity index (χ2n) is 5.65. The van der Waals surface area contributed by atoms with Crippen LogP contribution in [-0.4, -0.2) is 39.4 Å². The minimum absolute atomic E-state index is 0.232. The number of aromatic carboxylic acids is 1. The number of carbonyl (C=O) groups is 2. The molecular formula is C18H20N2O5. The predicted molar refractivity (Wildman–Crippen MR) is 91.1 cm³/mol. The Labute approximate surface area is 144 Å². The van der Waals surface area contributed by atoms with Crippen LogP contribution in [0.4, 0.5) is 0 Å². The zero-order valence-corrected chi connectivity index (χ0v) is 13.6. The monoisotopic (exact) mass is 344 g/mol. The Balaban J connectivity index is 2.04. The maximum atomic E-state index is 11.5. The van der Waals surface area contributed by atoms with Crippen LogP contribution in [-0.2, 0) is 11.3 Å². The number of hydrogen-bond acceptors (Lipinski definition) is 5. The Bertz CT molecular complexity index is 726. The average Bonchev–Trinajstić information content (AvgIpc) is 2.62. The summed E-state index contributed by atoms with van der Waals surface area (Å²) >= 11 is 0. The van der Waals surface area contributed by atoms with Crippen LogP contribution in [0.5, 0.6) is 0 Å². The van der Waals surface area contributed by atoms with Crippen molar-refractivity contribution in [2.24, 2.45) is 0 Å². The molecule has 2 aromatic carbocycles. The average molecular weight is 344 g/mol. The van der Waals surface area contributed by atoms with E-state index < -0.39 is 24.0 Å². The number of rotatable bonds is 7. The van der Waals surface area contributed by atoms with E-state index in [1.807, 2.05) is 24.3 Å². The van der Waals surface area contributed by atoms with Gasteiger partial charge in [-0.15, -0.1) is 0 Å². The highest BCUT2D eigenvalue weighted by Gasteiger charge is 2.22. The number of benzene rings is 2. The van der Waals surface area contributed by atoms with Crippen LogP contribution in [0.1, 0.15) is 22.8 Å². The molecule has 0 saturated carbocycles. The third kappa shape index (κ3) is 4.87. The van der Waals surface area contributed by atoms with E-state index in [0.29, 0.717) is 6.54 Å². The molecule has 1 amide bonds. The van der Waals surface area contributed by atoms with Gasteiger partial charge in [-0.3, -0.25) is 15.3 Å². The van der Waals surface area contributed by atoms with E-state index in [1.165, 1.54) is 12.4 Å². The molecule has 0 aliphatic carbocycles. The molecule has 0 fully saturated rings. The number of aliphatic hydroxyl groups is 1. The van der Waals surface area contributed by atoms with Gasteiger partial charge < -0.3 is 10.2 Å². The predicted octanol–water partition coefficient (Wildman–Crippen LogP) is 1.40. The highest BCUT2D eigenvalue weighted by molar-refractivity contribution is 5.88. The number of carboxylic acids is 1. The fraction of sp³-hybridized carbons (Fsp3) is 0.222. The van der Waals surface area contributed by atoms with Gasteiger partial charge in [0.1, 0.15) is 6.04 Å². The molecule has 25 heavy (non-hydrogen) atoms. The van der Waals surface area contributed by atoms with Crippen LogP contribution in [0.25, 0.3) is 11.1 Å². The van der Waals surface area contributed by atoms with Crippen molar-refractivity contribution in [3.05, 3.63) is 59.7 Å². The van der Waals surface area contributed by atoms with Crippen LogP contribution in [0.2, 0.25) is 0 Å². The van der Waals surface area contributed by atoms with Gasteiger partial charge in [-0.2, -0.15) is 0 Å². The molecule has 2 atom stereocenters. The number of carboxylic acid groups (broad SMARTS) is 1. The summed E-state index contributed by atoms with van der Waals surface area (Å²) in [5.74, 6) is -1.67. The van der Waals surface area contributed by atoms with E-state index in [-0.39, 0.29) is 5.56 Å². The normalized spacial score (nSPS) is 13.1. The van der Waals surface area contributed by atoms with Crippen molar-refractivity contribution in [2.75, 3.05) is 0 Å². The number of nitrogens with one attached hydrogen (secondary N) is 2. The molecule has 0 aliphatic rings. The molecule has 7 heteroatoms. The first kappa shape index (κ1) is 18.6. The van der Waals surface area contributed by atoms with E-state index in [9.17, 15) is 14.7 Å². The van der Waals surface area contributed by atoms with Gasteiger partial charge in [-0.05, 0) is 35.7 Å². The van der Waals surface area contributed by atoms with Crippen LogP contribution >= 0.6 is 0 Å². The van der Waals surface area contributed by atoms with Crippen molar-refractivity contribution in [1.29, 1.82) is 0 Å². The second-order valence-corrected chi connectivity index (χ2v) is 5.65. The summed E-state index contributed by atoms with van der Waals surface area (Å²) < 4.78 is 0. The summed E-state index contributed by atoms with van der Waals surface area (Å²) in [6, 6.07) is 13.2. The number of hydroxylamine groups is 1. The lowest BCUT2D eigenvalue weighted by atomic mass is 10.0. The van der Waals surface area contributed by atoms with E-state index in [0.717, 1.165) is 16.7 Å². The van der Waals surface area contributed by atoms with Crippen LogP contribution in [0.3, 0.4) is 0 Å². The summed E-state index contributed by atoms with van der Waals surface area (Å²) in [5, 5.41) is 30.0. The zero-order valence-electron chi connectivity index (χ0n) is 13.6. The van der Waals surface area contributed by atoms with Gasteiger partial charge >= 0.3 is 5.97 Å². The summed E-state index contributed by atoms with van der Waals surface area (Å²) in [6.07, 6.45) is -0.959. The Hall–Kier alpha value is -2.74. The number of hydrogen-bond donors (Lipinski definition) is 5. The highest BCUT2D eigenvalue weighted by Crippen LogP contribution is 2.20. The summed E-state index contributed by atoms with van der Waals surface area (Å²) in [7, 11) is 0. The first-order chi connectivity index (χ1) is 11.9. The molecule has 0 aromatic heterocycles. The van der Waals surface area contributed by atoms with Gasteiger partial charge in [0.25, 0.3) is 5.91 Å². The lowest BCUT2D eigenvalue weighted by molar-refractivity contribution is -0.134. The molecule has 0 spiro atoms. The quantitative estimate of drug-likeness (QED) is 0.383. The minimum atomic E-state index is -0.965. The van der Waals surface area contributed by atoms with Crippen LogP contribution < -0.4 is 10.8 Å². The van der Waals surface area contributed by atoms with Gasteiger partial charge in [0, 0.05) is 6.54 Å². The van der Waals surface area contributed by atoms with Crippen molar-refractivity contribution >= 4 is 11.9 Å². The molecule has 0 saturated heterocycles. The van der Waals surface area contributed by atoms with Gasteiger partial charge in [0.15, 0.2) is 0 Å². The molecule has 0 aliphatic heterocycles. The standard InChI is InChI=1S/C18H20N2O5/c1-11(21)16(17(22)20-25)19-10-12-2-4-13(5-3-12)14-6-8-15(9-7-14)18(23)24/h2-9,11,16,19,21,25H,10H2,1H3,(H,20,22)(H,23,24)/t11-,16+/m1/s1. The second kappa shape index (κ2) is 8.39. The Morgan fingerprint density at radius 3 is 1.96 bits per heavy atom. The maximum absolute atomic E-state index is 11.5. The molecule has 2 rings (SSSR count). The number of amides is 1. The lowest BCUT2D eigenvalue weighted by Crippen LogP contribution is -2.49. The molecule has 7 nitrogen and oxygen atoms in total. The van der Waals surface area contributed by atoms with Crippen molar-refractivity contribution in [1.82, 2.24) is 10.8 Å². The first-order valence-corrected chi connectivity index (χ1v) is 7.70. The molecule has 0 heterocycles. The van der Waals surface area contributed by atoms with Crippen molar-refractivity contribution in [3.8, 4) is 11.1 Å². The highest BCUT2D eigenvalue weighted by atomic mass is 16.5. The first-order valence-electron chi connectivity index (χ1n) is 7.70. The molecule has 5 N–H and O–H groups in total. The van der Waals surface area contributed by atoms with Crippen LogP contribution in [0.15, 0.2) is 48.5 Å². The van der Waals surface area contributed by atoms with Gasteiger partial charge in [-0.1, -0.05) is 36.4 Å². The Kier molecular flexibility index (Phi) is 6.24. The summed E-state index contributed by atoms with van der Waals surface area (Å²) in [6.45, 7) is 1.79. The van der Waals surface area contributed by atoms with Gasteiger partial charge in [0.05, 0.1) is 11.7 Å². The van der Waals surface area contributed by atoms with Crippen molar-refractivity contribution in [2.45, 2.75) is 25.6 Å². The van der Waals surface area contributed by atoms with Gasteiger partial charge in [0.2, 0.25) is 0 Å². The largest absolute Gasteiger partial charge is 0.478 e. The maximum Gasteiger partial charge on any atom is 0.335 e. The molecule has 2 aromatic rings. The van der Waals surface area contributed by atoms with Gasteiger partial charge in [-0.25, -0.2) is 10.3 Å². The van der Waals surface area contributed by atoms with Crippen molar-refractivity contribution < 1.29 is 25.0 Å². The van der Waals surface area contributed by atoms with E-state index in [1.54, 1.807) is 24.3 Å². The van der Waals surface area contributed by atoms with E-state index >= 15 is 0 Å². The molecule has 0 unspecified atom stereocenters. The Morgan fingerprint density at radius 2 is 1.52 bits per heavy atom.